The minimum atomic E-state index is -0.712. The van der Waals surface area contributed by atoms with Crippen LogP contribution >= 0.6 is 11.6 Å². The second-order valence-corrected chi connectivity index (χ2v) is 7.40. The molecule has 0 bridgehead atoms. The number of halogens is 1. The Kier molecular flexibility index (Phi) is 7.06. The van der Waals surface area contributed by atoms with Crippen molar-refractivity contribution < 1.29 is 14.3 Å². The van der Waals surface area contributed by atoms with Crippen molar-refractivity contribution in [3.63, 3.8) is 0 Å². The largest absolute Gasteiger partial charge is 0.376 e. The molecular formula is C22H25ClN2O3. The molecule has 148 valence electrons. The number of hydrogen-bond donors (Lipinski definition) is 1. The van der Waals surface area contributed by atoms with Gasteiger partial charge in [-0.2, -0.15) is 0 Å². The number of carbonyl (C=O) groups is 2. The van der Waals surface area contributed by atoms with Gasteiger partial charge in [0.15, 0.2) is 0 Å². The molecule has 1 N–H and O–H groups in total. The van der Waals surface area contributed by atoms with E-state index in [1.54, 1.807) is 17.0 Å². The third kappa shape index (κ3) is 5.33. The monoisotopic (exact) mass is 400 g/mol. The van der Waals surface area contributed by atoms with E-state index in [2.05, 4.69) is 5.32 Å². The van der Waals surface area contributed by atoms with Gasteiger partial charge in [-0.25, -0.2) is 0 Å². The fourth-order valence-electron chi connectivity index (χ4n) is 3.40. The van der Waals surface area contributed by atoms with Gasteiger partial charge < -0.3 is 15.0 Å². The summed E-state index contributed by atoms with van der Waals surface area (Å²) in [6.45, 7) is 2.99. The first kappa shape index (κ1) is 20.4. The molecule has 28 heavy (non-hydrogen) atoms. The Morgan fingerprint density at radius 1 is 1.18 bits per heavy atom. The molecule has 6 heteroatoms. The summed E-state index contributed by atoms with van der Waals surface area (Å²) in [5.74, 6) is -0.373. The van der Waals surface area contributed by atoms with Crippen LogP contribution in [0.2, 0.25) is 5.02 Å². The van der Waals surface area contributed by atoms with Crippen molar-refractivity contribution in [3.05, 3.63) is 70.7 Å². The van der Waals surface area contributed by atoms with Gasteiger partial charge in [-0.15, -0.1) is 0 Å². The van der Waals surface area contributed by atoms with Crippen molar-refractivity contribution in [1.82, 2.24) is 10.2 Å². The molecule has 0 spiro atoms. The lowest BCUT2D eigenvalue weighted by Crippen LogP contribution is -2.44. The van der Waals surface area contributed by atoms with Gasteiger partial charge in [-0.05, 0) is 36.1 Å². The lowest BCUT2D eigenvalue weighted by molar-refractivity contribution is -0.140. The summed E-state index contributed by atoms with van der Waals surface area (Å²) in [6.07, 6.45) is 2.00. The summed E-state index contributed by atoms with van der Waals surface area (Å²) in [4.78, 5) is 27.2. The van der Waals surface area contributed by atoms with Gasteiger partial charge in [0.2, 0.25) is 11.8 Å². The van der Waals surface area contributed by atoms with E-state index in [4.69, 9.17) is 16.3 Å². The molecule has 1 heterocycles. The number of benzene rings is 2. The summed E-state index contributed by atoms with van der Waals surface area (Å²) in [6, 6.07) is 16.0. The second kappa shape index (κ2) is 9.71. The molecule has 0 aliphatic carbocycles. The molecule has 1 aliphatic heterocycles. The molecule has 5 nitrogen and oxygen atoms in total. The minimum Gasteiger partial charge on any atom is -0.376 e. The maximum absolute atomic E-state index is 13.1. The average Bonchev–Trinajstić information content (AvgIpc) is 3.22. The van der Waals surface area contributed by atoms with Crippen LogP contribution in [0.1, 0.15) is 36.9 Å². The van der Waals surface area contributed by atoms with Gasteiger partial charge in [0.05, 0.1) is 6.10 Å². The van der Waals surface area contributed by atoms with Crippen LogP contribution in [0.15, 0.2) is 54.6 Å². The number of carbonyl (C=O) groups excluding carboxylic acids is 2. The first-order valence-corrected chi connectivity index (χ1v) is 9.88. The predicted molar refractivity (Wildman–Crippen MR) is 109 cm³/mol. The summed E-state index contributed by atoms with van der Waals surface area (Å²) < 4.78 is 5.60. The summed E-state index contributed by atoms with van der Waals surface area (Å²) in [5, 5.41) is 3.61. The first-order chi connectivity index (χ1) is 13.5. The molecule has 0 aromatic heterocycles. The standard InChI is InChI=1S/C22H25ClN2O3/c1-16(26)25(15-17-9-11-19(23)12-10-17)21(18-6-3-2-4-7-18)22(27)24-14-20-8-5-13-28-20/h2-4,6-7,9-12,20-21H,5,8,13-15H2,1H3,(H,24,27)/t20-,21-/m0/s1. The van der Waals surface area contributed by atoms with Crippen LogP contribution in [0, 0.1) is 0 Å². The Balaban J connectivity index is 1.82. The SMILES string of the molecule is CC(=O)N(Cc1ccc(Cl)cc1)[C@H](C(=O)NC[C@@H]1CCCO1)c1ccccc1. The van der Waals surface area contributed by atoms with E-state index < -0.39 is 6.04 Å². The van der Waals surface area contributed by atoms with Crippen LogP contribution in [0.3, 0.4) is 0 Å². The molecule has 2 amide bonds. The van der Waals surface area contributed by atoms with Gasteiger partial charge in [0, 0.05) is 31.6 Å². The van der Waals surface area contributed by atoms with Crippen molar-refractivity contribution in [2.75, 3.05) is 13.2 Å². The summed E-state index contributed by atoms with van der Waals surface area (Å²) in [5.41, 5.74) is 1.68. The fourth-order valence-corrected chi connectivity index (χ4v) is 3.52. The Hall–Kier alpha value is -2.37. The Labute approximate surface area is 170 Å². The molecule has 0 radical (unpaired) electrons. The van der Waals surface area contributed by atoms with Crippen LogP contribution in [0.4, 0.5) is 0 Å². The van der Waals surface area contributed by atoms with Crippen molar-refractivity contribution in [3.8, 4) is 0 Å². The van der Waals surface area contributed by atoms with E-state index >= 15 is 0 Å². The van der Waals surface area contributed by atoms with E-state index in [1.165, 1.54) is 6.92 Å². The van der Waals surface area contributed by atoms with Crippen LogP contribution in [-0.4, -0.2) is 36.0 Å². The fraction of sp³-hybridized carbons (Fsp3) is 0.364. The number of nitrogens with one attached hydrogen (secondary N) is 1. The molecular weight excluding hydrogens is 376 g/mol. The third-order valence-electron chi connectivity index (χ3n) is 4.87. The predicted octanol–water partition coefficient (Wildman–Crippen LogP) is 3.73. The highest BCUT2D eigenvalue weighted by atomic mass is 35.5. The number of hydrogen-bond acceptors (Lipinski definition) is 3. The molecule has 1 aliphatic rings. The van der Waals surface area contributed by atoms with Gasteiger partial charge in [0.1, 0.15) is 6.04 Å². The topological polar surface area (TPSA) is 58.6 Å². The summed E-state index contributed by atoms with van der Waals surface area (Å²) in [7, 11) is 0. The molecule has 2 atom stereocenters. The lowest BCUT2D eigenvalue weighted by atomic mass is 10.0. The van der Waals surface area contributed by atoms with Gasteiger partial charge >= 0.3 is 0 Å². The van der Waals surface area contributed by atoms with E-state index in [0.29, 0.717) is 18.1 Å². The zero-order valence-corrected chi connectivity index (χ0v) is 16.7. The highest BCUT2D eigenvalue weighted by Gasteiger charge is 2.30. The molecule has 0 saturated carbocycles. The highest BCUT2D eigenvalue weighted by Crippen LogP contribution is 2.24. The molecule has 2 aromatic rings. The molecule has 2 aromatic carbocycles. The zero-order valence-electron chi connectivity index (χ0n) is 15.9. The number of rotatable bonds is 7. The lowest BCUT2D eigenvalue weighted by Gasteiger charge is -2.31. The first-order valence-electron chi connectivity index (χ1n) is 9.50. The average molecular weight is 401 g/mol. The normalized spacial score (nSPS) is 17.1. The van der Waals surface area contributed by atoms with E-state index in [-0.39, 0.29) is 17.9 Å². The molecule has 1 saturated heterocycles. The third-order valence-corrected chi connectivity index (χ3v) is 5.13. The zero-order chi connectivity index (χ0) is 19.9. The Bertz CT molecular complexity index is 789. The second-order valence-electron chi connectivity index (χ2n) is 6.97. The van der Waals surface area contributed by atoms with E-state index in [1.807, 2.05) is 42.5 Å². The van der Waals surface area contributed by atoms with Crippen molar-refractivity contribution in [2.24, 2.45) is 0 Å². The van der Waals surface area contributed by atoms with Crippen LogP contribution in [0.5, 0.6) is 0 Å². The maximum Gasteiger partial charge on any atom is 0.247 e. The quantitative estimate of drug-likeness (QED) is 0.770. The van der Waals surface area contributed by atoms with Crippen molar-refractivity contribution in [1.29, 1.82) is 0 Å². The Morgan fingerprint density at radius 2 is 1.89 bits per heavy atom. The molecule has 3 rings (SSSR count). The van der Waals surface area contributed by atoms with E-state index in [9.17, 15) is 9.59 Å². The van der Waals surface area contributed by atoms with E-state index in [0.717, 1.165) is 30.6 Å². The number of nitrogens with zero attached hydrogens (tertiary/aromatic N) is 1. The minimum absolute atomic E-state index is 0.0439. The van der Waals surface area contributed by atoms with Crippen molar-refractivity contribution >= 4 is 23.4 Å². The smallest absolute Gasteiger partial charge is 0.247 e. The van der Waals surface area contributed by atoms with Gasteiger partial charge in [0.25, 0.3) is 0 Å². The molecule has 1 fully saturated rings. The van der Waals surface area contributed by atoms with Crippen molar-refractivity contribution in [2.45, 2.75) is 38.5 Å². The number of amides is 2. The highest BCUT2D eigenvalue weighted by molar-refractivity contribution is 6.30. The van der Waals surface area contributed by atoms with Crippen LogP contribution in [0.25, 0.3) is 0 Å². The Morgan fingerprint density at radius 3 is 2.50 bits per heavy atom. The van der Waals surface area contributed by atoms with Crippen LogP contribution < -0.4 is 5.32 Å². The number of ether oxygens (including phenoxy) is 1. The van der Waals surface area contributed by atoms with Gasteiger partial charge in [-0.1, -0.05) is 54.1 Å². The van der Waals surface area contributed by atoms with Gasteiger partial charge in [-0.3, -0.25) is 9.59 Å². The summed E-state index contributed by atoms with van der Waals surface area (Å²) >= 11 is 5.97. The maximum atomic E-state index is 13.1. The van der Waals surface area contributed by atoms with Crippen LogP contribution in [-0.2, 0) is 20.9 Å². The molecule has 0 unspecified atom stereocenters.